The van der Waals surface area contributed by atoms with Gasteiger partial charge < -0.3 is 10.2 Å². The van der Waals surface area contributed by atoms with E-state index >= 15 is 0 Å². The van der Waals surface area contributed by atoms with Crippen molar-refractivity contribution in [2.75, 3.05) is 19.6 Å². The van der Waals surface area contributed by atoms with Crippen LogP contribution in [0.5, 0.6) is 0 Å². The van der Waals surface area contributed by atoms with Gasteiger partial charge >= 0.3 is 0 Å². The van der Waals surface area contributed by atoms with E-state index in [1.807, 2.05) is 39.0 Å². The maximum absolute atomic E-state index is 11.9. The van der Waals surface area contributed by atoms with Crippen LogP contribution in [0.4, 0.5) is 0 Å². The summed E-state index contributed by atoms with van der Waals surface area (Å²) in [5, 5.41) is 2.66. The molecule has 0 aliphatic rings. The van der Waals surface area contributed by atoms with Crippen LogP contribution in [0.2, 0.25) is 0 Å². The Morgan fingerprint density at radius 1 is 1.17 bits per heavy atom. The van der Waals surface area contributed by atoms with Crippen molar-refractivity contribution in [2.45, 2.75) is 20.8 Å². The van der Waals surface area contributed by atoms with E-state index in [0.717, 1.165) is 5.56 Å². The highest BCUT2D eigenvalue weighted by Gasteiger charge is 2.12. The van der Waals surface area contributed by atoms with Crippen molar-refractivity contribution in [1.82, 2.24) is 10.2 Å². The lowest BCUT2D eigenvalue weighted by molar-refractivity contribution is -0.129. The van der Waals surface area contributed by atoms with Crippen LogP contribution < -0.4 is 5.32 Å². The van der Waals surface area contributed by atoms with Gasteiger partial charge in [-0.05, 0) is 32.4 Å². The molecule has 18 heavy (non-hydrogen) atoms. The lowest BCUT2D eigenvalue weighted by Gasteiger charge is -2.18. The third-order valence-electron chi connectivity index (χ3n) is 2.91. The smallest absolute Gasteiger partial charge is 0.251 e. The van der Waals surface area contributed by atoms with Crippen LogP contribution >= 0.6 is 0 Å². The monoisotopic (exact) mass is 248 g/mol. The van der Waals surface area contributed by atoms with Gasteiger partial charge in [-0.25, -0.2) is 0 Å². The second-order valence-corrected chi connectivity index (χ2v) is 4.06. The molecule has 0 saturated carbocycles. The molecule has 2 amide bonds. The summed E-state index contributed by atoms with van der Waals surface area (Å²) in [6.07, 6.45) is 0. The standard InChI is InChI=1S/C14H20N2O2/c1-4-16(5-2)13(17)10-15-14(18)12-9-7-6-8-11(12)3/h6-9H,4-5,10H2,1-3H3,(H,15,18). The summed E-state index contributed by atoms with van der Waals surface area (Å²) in [4.78, 5) is 25.3. The van der Waals surface area contributed by atoms with Crippen LogP contribution in [0.15, 0.2) is 24.3 Å². The first-order valence-corrected chi connectivity index (χ1v) is 6.21. The maximum Gasteiger partial charge on any atom is 0.251 e. The largest absolute Gasteiger partial charge is 0.343 e. The first-order chi connectivity index (χ1) is 8.60. The van der Waals surface area contributed by atoms with E-state index in [0.29, 0.717) is 18.7 Å². The average molecular weight is 248 g/mol. The minimum Gasteiger partial charge on any atom is -0.343 e. The van der Waals surface area contributed by atoms with Gasteiger partial charge in [0.05, 0.1) is 6.54 Å². The third-order valence-corrected chi connectivity index (χ3v) is 2.91. The SMILES string of the molecule is CCN(CC)C(=O)CNC(=O)c1ccccc1C. The fourth-order valence-electron chi connectivity index (χ4n) is 1.77. The number of carbonyl (C=O) groups excluding carboxylic acids is 2. The predicted octanol–water partition coefficient (Wildman–Crippen LogP) is 1.59. The van der Waals surface area contributed by atoms with Crippen LogP contribution in [-0.2, 0) is 4.79 Å². The lowest BCUT2D eigenvalue weighted by atomic mass is 10.1. The topological polar surface area (TPSA) is 49.4 Å². The molecule has 98 valence electrons. The molecule has 4 heteroatoms. The molecule has 0 aliphatic carbocycles. The van der Waals surface area contributed by atoms with Crippen LogP contribution in [0, 0.1) is 6.92 Å². The van der Waals surface area contributed by atoms with E-state index in [1.54, 1.807) is 11.0 Å². The summed E-state index contributed by atoms with van der Waals surface area (Å²) in [5.74, 6) is -0.254. The summed E-state index contributed by atoms with van der Waals surface area (Å²) in [6, 6.07) is 7.33. The lowest BCUT2D eigenvalue weighted by Crippen LogP contribution is -2.40. The van der Waals surface area contributed by atoms with E-state index in [1.165, 1.54) is 0 Å². The normalized spacial score (nSPS) is 9.94. The number of amides is 2. The molecule has 1 aromatic carbocycles. The highest BCUT2D eigenvalue weighted by atomic mass is 16.2. The number of nitrogens with zero attached hydrogens (tertiary/aromatic N) is 1. The molecule has 0 atom stereocenters. The molecular formula is C14H20N2O2. The molecule has 0 saturated heterocycles. The Labute approximate surface area is 108 Å². The van der Waals surface area contributed by atoms with Crippen molar-refractivity contribution in [3.05, 3.63) is 35.4 Å². The van der Waals surface area contributed by atoms with Gasteiger partial charge in [-0.2, -0.15) is 0 Å². The Bertz CT molecular complexity index is 426. The van der Waals surface area contributed by atoms with Crippen molar-refractivity contribution in [3.63, 3.8) is 0 Å². The number of carbonyl (C=O) groups is 2. The Morgan fingerprint density at radius 3 is 2.33 bits per heavy atom. The number of benzene rings is 1. The zero-order chi connectivity index (χ0) is 13.5. The van der Waals surface area contributed by atoms with Crippen molar-refractivity contribution in [1.29, 1.82) is 0 Å². The fraction of sp³-hybridized carbons (Fsp3) is 0.429. The van der Waals surface area contributed by atoms with Gasteiger partial charge in [-0.1, -0.05) is 18.2 Å². The van der Waals surface area contributed by atoms with Gasteiger partial charge in [0.25, 0.3) is 5.91 Å². The first kappa shape index (κ1) is 14.2. The number of hydrogen-bond acceptors (Lipinski definition) is 2. The maximum atomic E-state index is 11.9. The third kappa shape index (κ3) is 3.58. The number of aryl methyl sites for hydroxylation is 1. The summed E-state index contributed by atoms with van der Waals surface area (Å²) >= 11 is 0. The van der Waals surface area contributed by atoms with Crippen LogP contribution in [-0.4, -0.2) is 36.3 Å². The summed E-state index contributed by atoms with van der Waals surface area (Å²) in [7, 11) is 0. The zero-order valence-electron chi connectivity index (χ0n) is 11.2. The molecule has 0 aliphatic heterocycles. The van der Waals surface area contributed by atoms with E-state index in [9.17, 15) is 9.59 Å². The Balaban J connectivity index is 2.57. The van der Waals surface area contributed by atoms with Gasteiger partial charge in [0.2, 0.25) is 5.91 Å². The minimum absolute atomic E-state index is 0.0504. The van der Waals surface area contributed by atoms with Crippen molar-refractivity contribution < 1.29 is 9.59 Å². The van der Waals surface area contributed by atoms with Gasteiger partial charge in [0.1, 0.15) is 0 Å². The summed E-state index contributed by atoms with van der Waals surface area (Å²) in [5.41, 5.74) is 1.52. The van der Waals surface area contributed by atoms with E-state index in [2.05, 4.69) is 5.32 Å². The van der Waals surface area contributed by atoms with E-state index < -0.39 is 0 Å². The van der Waals surface area contributed by atoms with Crippen molar-refractivity contribution >= 4 is 11.8 Å². The van der Waals surface area contributed by atoms with Crippen LogP contribution in [0.1, 0.15) is 29.8 Å². The van der Waals surface area contributed by atoms with E-state index in [4.69, 9.17) is 0 Å². The van der Waals surface area contributed by atoms with Crippen molar-refractivity contribution in [2.24, 2.45) is 0 Å². The van der Waals surface area contributed by atoms with E-state index in [-0.39, 0.29) is 18.4 Å². The molecule has 0 unspecified atom stereocenters. The summed E-state index contributed by atoms with van der Waals surface area (Å²) in [6.45, 7) is 7.09. The molecule has 0 bridgehead atoms. The quantitative estimate of drug-likeness (QED) is 0.860. The molecule has 0 radical (unpaired) electrons. The second kappa shape index (κ2) is 6.79. The highest BCUT2D eigenvalue weighted by Crippen LogP contribution is 2.06. The number of nitrogens with one attached hydrogen (secondary N) is 1. The molecule has 1 N–H and O–H groups in total. The second-order valence-electron chi connectivity index (χ2n) is 4.06. The minimum atomic E-state index is -0.200. The molecule has 0 heterocycles. The molecular weight excluding hydrogens is 228 g/mol. The molecule has 4 nitrogen and oxygen atoms in total. The predicted molar refractivity (Wildman–Crippen MR) is 71.4 cm³/mol. The molecule has 0 fully saturated rings. The number of rotatable bonds is 5. The van der Waals surface area contributed by atoms with Gasteiger partial charge in [0.15, 0.2) is 0 Å². The fourth-order valence-corrected chi connectivity index (χ4v) is 1.77. The Morgan fingerprint density at radius 2 is 1.78 bits per heavy atom. The molecule has 1 rings (SSSR count). The van der Waals surface area contributed by atoms with Gasteiger partial charge in [-0.15, -0.1) is 0 Å². The van der Waals surface area contributed by atoms with Gasteiger partial charge in [-0.3, -0.25) is 9.59 Å². The Hall–Kier alpha value is -1.84. The number of hydrogen-bond donors (Lipinski definition) is 1. The number of likely N-dealkylation sites (N-methyl/N-ethyl adjacent to an activating group) is 1. The highest BCUT2D eigenvalue weighted by molar-refractivity contribution is 5.97. The zero-order valence-corrected chi connectivity index (χ0v) is 11.2. The van der Waals surface area contributed by atoms with Crippen LogP contribution in [0.25, 0.3) is 0 Å². The van der Waals surface area contributed by atoms with Crippen LogP contribution in [0.3, 0.4) is 0 Å². The Kier molecular flexibility index (Phi) is 5.36. The average Bonchev–Trinajstić information content (AvgIpc) is 2.38. The van der Waals surface area contributed by atoms with Crippen molar-refractivity contribution in [3.8, 4) is 0 Å². The summed E-state index contributed by atoms with van der Waals surface area (Å²) < 4.78 is 0. The molecule has 1 aromatic rings. The molecule has 0 aromatic heterocycles. The molecule has 0 spiro atoms. The van der Waals surface area contributed by atoms with Gasteiger partial charge in [0, 0.05) is 18.7 Å². The first-order valence-electron chi connectivity index (χ1n) is 6.21.